The van der Waals surface area contributed by atoms with Crippen LogP contribution in [-0.4, -0.2) is 19.5 Å². The predicted octanol–water partition coefficient (Wildman–Crippen LogP) is 2.46. The summed E-state index contributed by atoms with van der Waals surface area (Å²) in [5.74, 6) is 3.32. The zero-order valence-corrected chi connectivity index (χ0v) is 11.7. The van der Waals surface area contributed by atoms with Crippen LogP contribution in [0.1, 0.15) is 30.4 Å². The second-order valence-electron chi connectivity index (χ2n) is 4.52. The van der Waals surface area contributed by atoms with Gasteiger partial charge in [0, 0.05) is 31.4 Å². The summed E-state index contributed by atoms with van der Waals surface area (Å²) in [4.78, 5) is 13.2. The molecule has 3 rings (SSSR count). The molecule has 1 aliphatic rings. The number of nitrogens with one attached hydrogen (secondary N) is 1. The fourth-order valence-electron chi connectivity index (χ4n) is 1.79. The number of aromatic nitrogens is 4. The molecule has 1 aliphatic carbocycles. The molecule has 0 radical (unpaired) electrons. The topological polar surface area (TPSA) is 55.6 Å². The van der Waals surface area contributed by atoms with Crippen molar-refractivity contribution in [3.05, 3.63) is 34.7 Å². The van der Waals surface area contributed by atoms with E-state index in [1.807, 2.05) is 23.9 Å². The van der Waals surface area contributed by atoms with Crippen LogP contribution in [0.2, 0.25) is 0 Å². The van der Waals surface area contributed by atoms with E-state index >= 15 is 0 Å². The van der Waals surface area contributed by atoms with Crippen LogP contribution >= 0.6 is 15.9 Å². The Labute approximate surface area is 114 Å². The Hall–Kier alpha value is -1.43. The molecule has 6 heteroatoms. The molecule has 0 aromatic carbocycles. The van der Waals surface area contributed by atoms with E-state index in [0.717, 1.165) is 22.1 Å². The third-order valence-electron chi connectivity index (χ3n) is 3.00. The van der Waals surface area contributed by atoms with Crippen molar-refractivity contribution in [1.29, 1.82) is 0 Å². The third-order valence-corrected chi connectivity index (χ3v) is 3.41. The van der Waals surface area contributed by atoms with Gasteiger partial charge >= 0.3 is 0 Å². The molecule has 5 nitrogen and oxygen atoms in total. The van der Waals surface area contributed by atoms with Gasteiger partial charge in [0.2, 0.25) is 0 Å². The molecule has 2 aromatic rings. The Morgan fingerprint density at radius 2 is 2.28 bits per heavy atom. The smallest absolute Gasteiger partial charge is 0.135 e. The monoisotopic (exact) mass is 307 g/mol. The number of hydrogen-bond donors (Lipinski definition) is 1. The summed E-state index contributed by atoms with van der Waals surface area (Å²) in [5.41, 5.74) is 0. The minimum Gasteiger partial charge on any atom is -0.363 e. The highest BCUT2D eigenvalue weighted by Gasteiger charge is 2.27. The molecule has 1 fully saturated rings. The van der Waals surface area contributed by atoms with Gasteiger partial charge in [0.05, 0.1) is 6.54 Å². The van der Waals surface area contributed by atoms with Crippen molar-refractivity contribution >= 4 is 21.7 Å². The van der Waals surface area contributed by atoms with Crippen molar-refractivity contribution in [2.45, 2.75) is 25.3 Å². The molecule has 0 aliphatic heterocycles. The van der Waals surface area contributed by atoms with Gasteiger partial charge in [-0.15, -0.1) is 0 Å². The fraction of sp³-hybridized carbons (Fsp3) is 0.417. The summed E-state index contributed by atoms with van der Waals surface area (Å²) >= 11 is 3.43. The Morgan fingerprint density at radius 3 is 2.94 bits per heavy atom. The molecule has 18 heavy (non-hydrogen) atoms. The number of rotatable bonds is 4. The van der Waals surface area contributed by atoms with E-state index in [4.69, 9.17) is 0 Å². The maximum atomic E-state index is 4.54. The van der Waals surface area contributed by atoms with Crippen LogP contribution in [0.4, 0.5) is 5.82 Å². The van der Waals surface area contributed by atoms with E-state index in [2.05, 4.69) is 36.2 Å². The summed E-state index contributed by atoms with van der Waals surface area (Å²) in [6, 6.07) is 1.90. The van der Waals surface area contributed by atoms with Gasteiger partial charge in [0.15, 0.2) is 0 Å². The number of anilines is 1. The second kappa shape index (κ2) is 4.68. The number of hydrogen-bond acceptors (Lipinski definition) is 4. The van der Waals surface area contributed by atoms with Gasteiger partial charge in [-0.25, -0.2) is 15.0 Å². The molecule has 1 N–H and O–H groups in total. The van der Waals surface area contributed by atoms with E-state index < -0.39 is 0 Å². The van der Waals surface area contributed by atoms with Gasteiger partial charge < -0.3 is 9.88 Å². The maximum absolute atomic E-state index is 4.54. The zero-order valence-electron chi connectivity index (χ0n) is 10.1. The molecule has 94 valence electrons. The summed E-state index contributed by atoms with van der Waals surface area (Å²) in [6.45, 7) is 0.664. The highest BCUT2D eigenvalue weighted by molar-refractivity contribution is 9.10. The highest BCUT2D eigenvalue weighted by Crippen LogP contribution is 2.38. The maximum Gasteiger partial charge on any atom is 0.135 e. The Balaban J connectivity index is 1.74. The predicted molar refractivity (Wildman–Crippen MR) is 72.2 cm³/mol. The minimum absolute atomic E-state index is 0.552. The molecule has 0 saturated heterocycles. The van der Waals surface area contributed by atoms with Crippen molar-refractivity contribution in [3.8, 4) is 0 Å². The van der Waals surface area contributed by atoms with Crippen LogP contribution < -0.4 is 5.32 Å². The van der Waals surface area contributed by atoms with Crippen molar-refractivity contribution < 1.29 is 0 Å². The van der Waals surface area contributed by atoms with Gasteiger partial charge in [-0.05, 0) is 28.8 Å². The molecular formula is C12H14BrN5. The van der Waals surface area contributed by atoms with Crippen molar-refractivity contribution in [3.63, 3.8) is 0 Å². The summed E-state index contributed by atoms with van der Waals surface area (Å²) in [5, 5.41) is 3.29. The first-order valence-corrected chi connectivity index (χ1v) is 6.76. The Bertz CT molecular complexity index is 561. The van der Waals surface area contributed by atoms with Crippen LogP contribution in [0, 0.1) is 0 Å². The molecule has 2 aromatic heterocycles. The summed E-state index contributed by atoms with van der Waals surface area (Å²) in [6.07, 6.45) is 6.13. The van der Waals surface area contributed by atoms with Crippen molar-refractivity contribution in [2.75, 3.05) is 5.32 Å². The summed E-state index contributed by atoms with van der Waals surface area (Å²) < 4.78 is 2.83. The van der Waals surface area contributed by atoms with Crippen molar-refractivity contribution in [1.82, 2.24) is 19.5 Å². The molecule has 1 saturated carbocycles. The number of nitrogens with zero attached hydrogens (tertiary/aromatic N) is 4. The normalized spacial score (nSPS) is 14.8. The summed E-state index contributed by atoms with van der Waals surface area (Å²) in [7, 11) is 1.98. The number of aryl methyl sites for hydroxylation is 1. The van der Waals surface area contributed by atoms with E-state index in [-0.39, 0.29) is 0 Å². The van der Waals surface area contributed by atoms with Crippen LogP contribution in [0.5, 0.6) is 0 Å². The zero-order chi connectivity index (χ0) is 12.5. The van der Waals surface area contributed by atoms with Gasteiger partial charge in [-0.3, -0.25) is 0 Å². The van der Waals surface area contributed by atoms with Gasteiger partial charge in [0.1, 0.15) is 22.1 Å². The van der Waals surface area contributed by atoms with Gasteiger partial charge in [0.25, 0.3) is 0 Å². The SMILES string of the molecule is Cn1ccnc1CNc1cc(Br)nc(C2CC2)n1. The van der Waals surface area contributed by atoms with E-state index in [0.29, 0.717) is 12.5 Å². The van der Waals surface area contributed by atoms with Crippen LogP contribution in [0.25, 0.3) is 0 Å². The van der Waals surface area contributed by atoms with Crippen LogP contribution in [0.15, 0.2) is 23.1 Å². The number of imidazole rings is 1. The quantitative estimate of drug-likeness (QED) is 0.882. The molecule has 0 bridgehead atoms. The first-order valence-electron chi connectivity index (χ1n) is 5.97. The lowest BCUT2D eigenvalue weighted by molar-refractivity contribution is 0.807. The standard InChI is InChI=1S/C12H14BrN5/c1-18-5-4-14-11(18)7-15-10-6-9(13)16-12(17-10)8-2-3-8/h4-6,8H,2-3,7H2,1H3,(H,15,16,17). The van der Waals surface area contributed by atoms with Gasteiger partial charge in [-0.2, -0.15) is 0 Å². The minimum atomic E-state index is 0.552. The third kappa shape index (κ3) is 2.53. The molecule has 0 amide bonds. The fourth-order valence-corrected chi connectivity index (χ4v) is 2.18. The lowest BCUT2D eigenvalue weighted by Crippen LogP contribution is -2.08. The van der Waals surface area contributed by atoms with E-state index in [1.54, 1.807) is 6.20 Å². The molecule has 0 spiro atoms. The van der Waals surface area contributed by atoms with Crippen LogP contribution in [-0.2, 0) is 13.6 Å². The lowest BCUT2D eigenvalue weighted by Gasteiger charge is -2.07. The molecular weight excluding hydrogens is 294 g/mol. The average molecular weight is 308 g/mol. The molecule has 0 unspecified atom stereocenters. The molecule has 2 heterocycles. The first kappa shape index (κ1) is 11.6. The van der Waals surface area contributed by atoms with Crippen LogP contribution in [0.3, 0.4) is 0 Å². The Morgan fingerprint density at radius 1 is 1.44 bits per heavy atom. The average Bonchev–Trinajstić information content (AvgIpc) is 3.11. The Kier molecular flexibility index (Phi) is 3.03. The number of halogens is 1. The second-order valence-corrected chi connectivity index (χ2v) is 5.33. The first-order chi connectivity index (χ1) is 8.72. The lowest BCUT2D eigenvalue weighted by atomic mass is 10.4. The van der Waals surface area contributed by atoms with E-state index in [1.165, 1.54) is 12.8 Å². The van der Waals surface area contributed by atoms with Gasteiger partial charge in [-0.1, -0.05) is 0 Å². The van der Waals surface area contributed by atoms with E-state index in [9.17, 15) is 0 Å². The molecule has 0 atom stereocenters. The van der Waals surface area contributed by atoms with Crippen molar-refractivity contribution in [2.24, 2.45) is 7.05 Å². The highest BCUT2D eigenvalue weighted by atomic mass is 79.9. The largest absolute Gasteiger partial charge is 0.363 e.